The molecule has 13 heteroatoms. The first kappa shape index (κ1) is 35.3. The molecule has 0 aliphatic carbocycles. The van der Waals surface area contributed by atoms with Gasteiger partial charge in [0.2, 0.25) is 5.91 Å². The van der Waals surface area contributed by atoms with Crippen molar-refractivity contribution in [1.29, 1.82) is 0 Å². The van der Waals surface area contributed by atoms with Crippen LogP contribution in [-0.4, -0.2) is 73.0 Å². The Morgan fingerprint density at radius 2 is 1.46 bits per heavy atom. The molecule has 0 fully saturated rings. The Balaban J connectivity index is 2.88. The van der Waals surface area contributed by atoms with Crippen LogP contribution in [0.25, 0.3) is 0 Å². The van der Waals surface area contributed by atoms with E-state index in [9.17, 15) is 24.0 Å². The van der Waals surface area contributed by atoms with Crippen LogP contribution in [0.15, 0.2) is 6.20 Å². The SMILES string of the molecule is COC(=O)CCc1c[nH]c(CNC(=O)[C@H](CCCCNC(=O)OC(C)(C)C)NC(=O)OC(C)(C)C)c1CC(=O)OC. The van der Waals surface area contributed by atoms with Crippen molar-refractivity contribution in [2.75, 3.05) is 20.8 Å². The summed E-state index contributed by atoms with van der Waals surface area (Å²) in [5.74, 6) is -1.31. The number of esters is 2. The molecule has 232 valence electrons. The molecule has 1 heterocycles. The number of nitrogens with one attached hydrogen (secondary N) is 4. The van der Waals surface area contributed by atoms with Gasteiger partial charge in [-0.1, -0.05) is 0 Å². The number of rotatable bonds is 14. The number of ether oxygens (including phenoxy) is 4. The Bertz CT molecular complexity index is 1040. The van der Waals surface area contributed by atoms with Crippen molar-refractivity contribution in [3.05, 3.63) is 23.0 Å². The maximum Gasteiger partial charge on any atom is 0.408 e. The predicted octanol–water partition coefficient (Wildman–Crippen LogP) is 3.04. The number of hydrogen-bond acceptors (Lipinski definition) is 9. The van der Waals surface area contributed by atoms with Gasteiger partial charge in [0.25, 0.3) is 0 Å². The Morgan fingerprint density at radius 3 is 2.05 bits per heavy atom. The second-order valence-corrected chi connectivity index (χ2v) is 11.4. The van der Waals surface area contributed by atoms with Gasteiger partial charge in [0.15, 0.2) is 0 Å². The van der Waals surface area contributed by atoms with E-state index >= 15 is 0 Å². The fourth-order valence-corrected chi connectivity index (χ4v) is 3.69. The summed E-state index contributed by atoms with van der Waals surface area (Å²) in [6, 6.07) is -0.913. The molecule has 1 rings (SSSR count). The van der Waals surface area contributed by atoms with Crippen LogP contribution >= 0.6 is 0 Å². The van der Waals surface area contributed by atoms with E-state index < -0.39 is 41.3 Å². The molecule has 1 aromatic rings. The van der Waals surface area contributed by atoms with E-state index in [1.807, 2.05) is 0 Å². The van der Waals surface area contributed by atoms with Crippen molar-refractivity contribution in [2.45, 2.75) is 104 Å². The van der Waals surface area contributed by atoms with Crippen LogP contribution in [0.3, 0.4) is 0 Å². The zero-order valence-corrected chi connectivity index (χ0v) is 25.5. The van der Waals surface area contributed by atoms with Crippen molar-refractivity contribution >= 4 is 30.0 Å². The lowest BCUT2D eigenvalue weighted by Gasteiger charge is -2.23. The van der Waals surface area contributed by atoms with Gasteiger partial charge in [0.05, 0.1) is 27.2 Å². The third-order valence-corrected chi connectivity index (χ3v) is 5.58. The van der Waals surface area contributed by atoms with E-state index in [0.29, 0.717) is 37.1 Å². The molecule has 3 amide bonds. The summed E-state index contributed by atoms with van der Waals surface area (Å²) >= 11 is 0. The highest BCUT2D eigenvalue weighted by atomic mass is 16.6. The molecule has 4 N–H and O–H groups in total. The summed E-state index contributed by atoms with van der Waals surface area (Å²) in [6.45, 7) is 10.8. The largest absolute Gasteiger partial charge is 0.469 e. The van der Waals surface area contributed by atoms with Crippen molar-refractivity contribution in [2.24, 2.45) is 0 Å². The van der Waals surface area contributed by atoms with Gasteiger partial charge in [-0.05, 0) is 78.4 Å². The molecule has 13 nitrogen and oxygen atoms in total. The first-order valence-corrected chi connectivity index (χ1v) is 13.6. The highest BCUT2D eigenvalue weighted by Crippen LogP contribution is 2.18. The second kappa shape index (κ2) is 16.5. The number of alkyl carbamates (subject to hydrolysis) is 2. The number of carbonyl (C=O) groups excluding carboxylic acids is 5. The van der Waals surface area contributed by atoms with E-state index in [-0.39, 0.29) is 31.8 Å². The molecule has 1 atom stereocenters. The van der Waals surface area contributed by atoms with E-state index in [0.717, 1.165) is 5.56 Å². The van der Waals surface area contributed by atoms with Crippen molar-refractivity contribution in [3.63, 3.8) is 0 Å². The molecule has 0 aromatic carbocycles. The average Bonchev–Trinajstić information content (AvgIpc) is 3.23. The lowest BCUT2D eigenvalue weighted by molar-refractivity contribution is -0.141. The predicted molar refractivity (Wildman–Crippen MR) is 150 cm³/mol. The molecule has 0 unspecified atom stereocenters. The standard InChI is InChI=1S/C28H46N4O9/c1-27(2,3)40-25(36)29-14-10-9-11-20(32-26(37)41-28(4,5)6)24(35)31-17-21-19(15-23(34)39-8)18(16-30-21)12-13-22(33)38-7/h16,20,30H,9-15,17H2,1-8H3,(H,29,36)(H,31,35)(H,32,37)/t20-/m0/s1. The quantitative estimate of drug-likeness (QED) is 0.146. The smallest absolute Gasteiger partial charge is 0.408 e. The fraction of sp³-hybridized carbons (Fsp3) is 0.679. The second-order valence-electron chi connectivity index (χ2n) is 11.4. The number of H-pyrrole nitrogens is 1. The van der Waals surface area contributed by atoms with Crippen molar-refractivity contribution in [1.82, 2.24) is 20.9 Å². The minimum Gasteiger partial charge on any atom is -0.469 e. The van der Waals surface area contributed by atoms with E-state index in [2.05, 4.69) is 20.9 Å². The third-order valence-electron chi connectivity index (χ3n) is 5.58. The highest BCUT2D eigenvalue weighted by Gasteiger charge is 2.25. The van der Waals surface area contributed by atoms with E-state index in [1.54, 1.807) is 47.7 Å². The summed E-state index contributed by atoms with van der Waals surface area (Å²) < 4.78 is 20.0. The number of hydrogen-bond donors (Lipinski definition) is 4. The van der Waals surface area contributed by atoms with Crippen LogP contribution in [0.4, 0.5) is 9.59 Å². The van der Waals surface area contributed by atoms with Gasteiger partial charge in [-0.3, -0.25) is 14.4 Å². The summed E-state index contributed by atoms with van der Waals surface area (Å²) in [4.78, 5) is 64.1. The maximum atomic E-state index is 13.2. The Kier molecular flexibility index (Phi) is 14.2. The summed E-state index contributed by atoms with van der Waals surface area (Å²) in [7, 11) is 2.58. The van der Waals surface area contributed by atoms with Crippen molar-refractivity contribution in [3.8, 4) is 0 Å². The molecule has 41 heavy (non-hydrogen) atoms. The fourth-order valence-electron chi connectivity index (χ4n) is 3.69. The monoisotopic (exact) mass is 582 g/mol. The number of carbonyl (C=O) groups is 5. The molecule has 0 saturated heterocycles. The number of amides is 3. The molecular weight excluding hydrogens is 536 g/mol. The summed E-state index contributed by atoms with van der Waals surface area (Å²) in [5, 5.41) is 8.08. The van der Waals surface area contributed by atoms with Gasteiger partial charge in [-0.2, -0.15) is 0 Å². The topological polar surface area (TPSA) is 174 Å². The van der Waals surface area contributed by atoms with Crippen LogP contribution in [-0.2, 0) is 52.7 Å². The average molecular weight is 583 g/mol. The molecule has 0 radical (unpaired) electrons. The minimum absolute atomic E-state index is 0.0378. The summed E-state index contributed by atoms with van der Waals surface area (Å²) in [5.41, 5.74) is 0.552. The molecule has 0 bridgehead atoms. The van der Waals surface area contributed by atoms with Crippen molar-refractivity contribution < 1.29 is 42.9 Å². The number of aromatic amines is 1. The number of methoxy groups -OCH3 is 2. The lowest BCUT2D eigenvalue weighted by atomic mass is 10.0. The Hall–Kier alpha value is -3.77. The summed E-state index contributed by atoms with van der Waals surface area (Å²) in [6.07, 6.45) is 2.16. The number of aromatic nitrogens is 1. The van der Waals surface area contributed by atoms with Crippen LogP contribution in [0, 0.1) is 0 Å². The highest BCUT2D eigenvalue weighted by molar-refractivity contribution is 5.85. The van der Waals surface area contributed by atoms with Gasteiger partial charge in [0, 0.05) is 24.9 Å². The molecule has 0 aliphatic heterocycles. The number of aryl methyl sites for hydroxylation is 1. The van der Waals surface area contributed by atoms with E-state index in [4.69, 9.17) is 18.9 Å². The van der Waals surface area contributed by atoms with Gasteiger partial charge in [-0.25, -0.2) is 9.59 Å². The van der Waals surface area contributed by atoms with Gasteiger partial charge >= 0.3 is 24.1 Å². The van der Waals surface area contributed by atoms with E-state index in [1.165, 1.54) is 14.2 Å². The zero-order valence-electron chi connectivity index (χ0n) is 25.5. The molecule has 0 spiro atoms. The molecule has 0 saturated carbocycles. The Labute approximate surface area is 241 Å². The van der Waals surface area contributed by atoms with Crippen LogP contribution in [0.5, 0.6) is 0 Å². The molecule has 0 aliphatic rings. The lowest BCUT2D eigenvalue weighted by Crippen LogP contribution is -2.48. The Morgan fingerprint density at radius 1 is 0.854 bits per heavy atom. The van der Waals surface area contributed by atoms with Crippen LogP contribution in [0.1, 0.15) is 84.0 Å². The molecule has 1 aromatic heterocycles. The van der Waals surface area contributed by atoms with Gasteiger partial charge < -0.3 is 39.9 Å². The third kappa shape index (κ3) is 15.0. The first-order valence-electron chi connectivity index (χ1n) is 13.6. The first-order chi connectivity index (χ1) is 19.0. The van der Waals surface area contributed by atoms with Crippen LogP contribution in [0.2, 0.25) is 0 Å². The van der Waals surface area contributed by atoms with Gasteiger partial charge in [-0.15, -0.1) is 0 Å². The van der Waals surface area contributed by atoms with Gasteiger partial charge in [0.1, 0.15) is 17.2 Å². The molecular formula is C28H46N4O9. The minimum atomic E-state index is -0.913. The normalized spacial score (nSPS) is 12.1. The van der Waals surface area contributed by atoms with Crippen LogP contribution < -0.4 is 16.0 Å². The zero-order chi connectivity index (χ0) is 31.2. The number of unbranched alkanes of at least 4 members (excludes halogenated alkanes) is 1. The maximum absolute atomic E-state index is 13.2.